The van der Waals surface area contributed by atoms with Crippen molar-refractivity contribution in [2.45, 2.75) is 96.0 Å². The standard InChI is InChI=1S/C27H36N4O22P2/c1-10(32)44-6-16(46-11(2)33)20-21(47-12(3)34)22(48-13(4)35)23(49-14(5)36)27(51-20)52-55(42,43)53-54(40,41)45-7-15-18(37)19(38)26(50-15)31-9-30-17-24(31)28-8-29-25(17)39/h8-9,15-16,18-23,26-27,37-38H,6-7H2,1-5H3,(H,40,41)(H,42,43)(H,28,29,39)/t15-,16-,18-,19-,20-,21-,22+,23+,26-,27+/m1/s1. The Morgan fingerprint density at radius 3 is 2.07 bits per heavy atom. The van der Waals surface area contributed by atoms with Crippen LogP contribution in [-0.4, -0.2) is 138 Å². The number of aromatic nitrogens is 4. The molecular formula is C27H36N4O22P2. The molecule has 4 rings (SSSR count). The summed E-state index contributed by atoms with van der Waals surface area (Å²) in [5.74, 6) is -5.21. The molecule has 306 valence electrons. The Labute approximate surface area is 308 Å². The van der Waals surface area contributed by atoms with Crippen LogP contribution in [0.25, 0.3) is 11.2 Å². The van der Waals surface area contributed by atoms with Crippen molar-refractivity contribution in [3.8, 4) is 0 Å². The molecule has 2 aromatic rings. The normalized spacial score (nSPS) is 29.3. The number of aromatic amines is 1. The van der Waals surface area contributed by atoms with Gasteiger partial charge in [-0.3, -0.25) is 42.4 Å². The number of aliphatic hydroxyl groups is 2. The van der Waals surface area contributed by atoms with Crippen LogP contribution in [0.5, 0.6) is 0 Å². The van der Waals surface area contributed by atoms with Gasteiger partial charge >= 0.3 is 45.5 Å². The summed E-state index contributed by atoms with van der Waals surface area (Å²) >= 11 is 0. The van der Waals surface area contributed by atoms with Crippen LogP contribution < -0.4 is 5.56 Å². The van der Waals surface area contributed by atoms with Gasteiger partial charge in [0.1, 0.15) is 31.0 Å². The number of carbonyl (C=O) groups is 5. The number of aliphatic hydroxyl groups excluding tert-OH is 2. The van der Waals surface area contributed by atoms with Crippen LogP contribution in [0.4, 0.5) is 0 Å². The lowest BCUT2D eigenvalue weighted by Crippen LogP contribution is -2.65. The number of phosphoric ester groups is 2. The van der Waals surface area contributed by atoms with Gasteiger partial charge in [0.2, 0.25) is 6.29 Å². The lowest BCUT2D eigenvalue weighted by molar-refractivity contribution is -0.301. The number of phosphoric acid groups is 2. The summed E-state index contributed by atoms with van der Waals surface area (Å²) in [6.45, 7) is 2.64. The molecule has 2 aromatic heterocycles. The monoisotopic (exact) mass is 830 g/mol. The second kappa shape index (κ2) is 17.7. The molecule has 2 unspecified atom stereocenters. The molecule has 0 saturated carbocycles. The number of nitrogens with zero attached hydrogens (tertiary/aromatic N) is 3. The smallest absolute Gasteiger partial charge is 0.462 e. The highest BCUT2D eigenvalue weighted by molar-refractivity contribution is 7.61. The predicted octanol–water partition coefficient (Wildman–Crippen LogP) is -2.00. The molecule has 0 radical (unpaired) electrons. The summed E-state index contributed by atoms with van der Waals surface area (Å²) in [5.41, 5.74) is -0.830. The molecule has 26 nitrogen and oxygen atoms in total. The second-order valence-electron chi connectivity index (χ2n) is 11.7. The first-order valence-electron chi connectivity index (χ1n) is 15.7. The Kier molecular flexibility index (Phi) is 14.0. The van der Waals surface area contributed by atoms with E-state index in [1.807, 2.05) is 0 Å². The first-order valence-corrected chi connectivity index (χ1v) is 18.7. The van der Waals surface area contributed by atoms with E-state index in [0.717, 1.165) is 51.8 Å². The van der Waals surface area contributed by atoms with Crippen LogP contribution >= 0.6 is 15.6 Å². The molecule has 0 amide bonds. The number of H-pyrrole nitrogens is 1. The van der Waals surface area contributed by atoms with Crippen molar-refractivity contribution in [3.63, 3.8) is 0 Å². The van der Waals surface area contributed by atoms with Crippen molar-refractivity contribution >= 4 is 56.7 Å². The molecule has 55 heavy (non-hydrogen) atoms. The SMILES string of the molecule is CC(=O)OC[C@@H](OC(C)=O)[C@H]1O[C@@H](OP(=O)(O)OP(=O)(O)OC[C@H]2O[C@@H](n3cnc4c(=O)[nH]cnc43)[C@H](O)[C@@H]2O)[C@@H](OC(C)=O)[C@@H](OC(C)=O)[C@@H]1OC(C)=O. The van der Waals surface area contributed by atoms with Crippen molar-refractivity contribution in [2.75, 3.05) is 13.2 Å². The largest absolute Gasteiger partial charge is 0.483 e. The lowest BCUT2D eigenvalue weighted by Gasteiger charge is -2.45. The average molecular weight is 831 g/mol. The van der Waals surface area contributed by atoms with E-state index < -0.39 is 126 Å². The van der Waals surface area contributed by atoms with Crippen molar-refractivity contribution in [2.24, 2.45) is 0 Å². The minimum absolute atomic E-state index is 0.0593. The van der Waals surface area contributed by atoms with Crippen LogP contribution in [-0.2, 0) is 79.6 Å². The van der Waals surface area contributed by atoms with Crippen LogP contribution in [0, 0.1) is 0 Å². The average Bonchev–Trinajstić information content (AvgIpc) is 3.60. The number of ether oxygens (including phenoxy) is 7. The molecule has 0 aromatic carbocycles. The highest BCUT2D eigenvalue weighted by Crippen LogP contribution is 2.61. The fourth-order valence-corrected chi connectivity index (χ4v) is 7.57. The number of fused-ring (bicyclic) bond motifs is 1. The molecule has 0 aliphatic carbocycles. The maximum atomic E-state index is 13.2. The van der Waals surface area contributed by atoms with Gasteiger partial charge in [-0.2, -0.15) is 4.31 Å². The van der Waals surface area contributed by atoms with E-state index >= 15 is 0 Å². The van der Waals surface area contributed by atoms with Gasteiger partial charge < -0.3 is 58.1 Å². The van der Waals surface area contributed by atoms with Crippen LogP contribution in [0.2, 0.25) is 0 Å². The first kappa shape index (κ1) is 43.5. The van der Waals surface area contributed by atoms with Crippen molar-refractivity contribution in [1.82, 2.24) is 19.5 Å². The second-order valence-corrected chi connectivity index (χ2v) is 14.7. The van der Waals surface area contributed by atoms with E-state index in [1.165, 1.54) is 0 Å². The van der Waals surface area contributed by atoms with Gasteiger partial charge in [-0.25, -0.2) is 19.1 Å². The highest BCUT2D eigenvalue weighted by atomic mass is 31.3. The van der Waals surface area contributed by atoms with E-state index in [0.29, 0.717) is 0 Å². The summed E-state index contributed by atoms with van der Waals surface area (Å²) in [7, 11) is -11.7. The number of hydrogen-bond acceptors (Lipinski definition) is 22. The highest BCUT2D eigenvalue weighted by Gasteiger charge is 2.57. The molecule has 0 bridgehead atoms. The maximum Gasteiger partial charge on any atom is 0.483 e. The Morgan fingerprint density at radius 2 is 1.47 bits per heavy atom. The van der Waals surface area contributed by atoms with Gasteiger partial charge in [-0.1, -0.05) is 0 Å². The zero-order valence-electron chi connectivity index (χ0n) is 29.2. The summed E-state index contributed by atoms with van der Waals surface area (Å²) in [6, 6.07) is 0. The Morgan fingerprint density at radius 1 is 0.855 bits per heavy atom. The molecule has 5 N–H and O–H groups in total. The molecule has 28 heteroatoms. The van der Waals surface area contributed by atoms with Gasteiger partial charge in [0, 0.05) is 34.6 Å². The number of esters is 5. The molecular weight excluding hydrogens is 794 g/mol. The van der Waals surface area contributed by atoms with E-state index in [-0.39, 0.29) is 11.2 Å². The maximum absolute atomic E-state index is 13.2. The quantitative estimate of drug-likeness (QED) is 0.0736. The molecule has 2 saturated heterocycles. The number of imidazole rings is 1. The molecule has 4 heterocycles. The number of nitrogens with one attached hydrogen (secondary N) is 1. The molecule has 2 fully saturated rings. The number of hydrogen-bond donors (Lipinski definition) is 5. The molecule has 2 aliphatic rings. The Bertz CT molecular complexity index is 1920. The third kappa shape index (κ3) is 11.2. The van der Waals surface area contributed by atoms with Gasteiger partial charge in [0.05, 0.1) is 19.3 Å². The van der Waals surface area contributed by atoms with Crippen LogP contribution in [0.1, 0.15) is 40.8 Å². The zero-order chi connectivity index (χ0) is 41.0. The van der Waals surface area contributed by atoms with Crippen LogP contribution in [0.3, 0.4) is 0 Å². The van der Waals surface area contributed by atoms with Crippen molar-refractivity contribution in [1.29, 1.82) is 0 Å². The van der Waals surface area contributed by atoms with Gasteiger partial charge in [0.15, 0.2) is 41.8 Å². The minimum atomic E-state index is -5.96. The fourth-order valence-electron chi connectivity index (χ4n) is 5.41. The third-order valence-corrected chi connectivity index (χ3v) is 9.99. The topological polar surface area (TPSA) is 356 Å². The Balaban J connectivity index is 1.57. The number of rotatable bonds is 15. The molecule has 2 aliphatic heterocycles. The molecule has 0 spiro atoms. The fraction of sp³-hybridized carbons (Fsp3) is 0.630. The number of carbonyl (C=O) groups excluding carboxylic acids is 5. The Hall–Kier alpha value is -4.20. The zero-order valence-corrected chi connectivity index (χ0v) is 31.0. The van der Waals surface area contributed by atoms with Gasteiger partial charge in [-0.15, -0.1) is 0 Å². The summed E-state index contributed by atoms with van der Waals surface area (Å²) in [5, 5.41) is 21.2. The third-order valence-electron chi connectivity index (χ3n) is 7.39. The van der Waals surface area contributed by atoms with Crippen molar-refractivity contribution < 1.29 is 99.6 Å². The minimum Gasteiger partial charge on any atom is -0.462 e. The first-order chi connectivity index (χ1) is 25.6. The van der Waals surface area contributed by atoms with Gasteiger partial charge in [-0.05, 0) is 0 Å². The van der Waals surface area contributed by atoms with E-state index in [1.54, 1.807) is 0 Å². The van der Waals surface area contributed by atoms with E-state index in [2.05, 4.69) is 19.3 Å². The van der Waals surface area contributed by atoms with E-state index in [9.17, 15) is 57.9 Å². The van der Waals surface area contributed by atoms with Crippen molar-refractivity contribution in [3.05, 3.63) is 23.0 Å². The predicted molar refractivity (Wildman–Crippen MR) is 169 cm³/mol. The summed E-state index contributed by atoms with van der Waals surface area (Å²) < 4.78 is 78.1. The lowest BCUT2D eigenvalue weighted by atomic mass is 9.94. The van der Waals surface area contributed by atoms with E-state index in [4.69, 9.17) is 42.2 Å². The summed E-state index contributed by atoms with van der Waals surface area (Å²) in [4.78, 5) is 103. The summed E-state index contributed by atoms with van der Waals surface area (Å²) in [6.07, 6.45) is -16.6. The molecule has 12 atom stereocenters. The van der Waals surface area contributed by atoms with Crippen LogP contribution in [0.15, 0.2) is 17.4 Å². The van der Waals surface area contributed by atoms with Gasteiger partial charge in [0.25, 0.3) is 5.56 Å².